The van der Waals surface area contributed by atoms with Crippen molar-refractivity contribution in [1.29, 1.82) is 0 Å². The number of aromatic nitrogens is 3. The van der Waals surface area contributed by atoms with E-state index < -0.39 is 40.4 Å². The van der Waals surface area contributed by atoms with Gasteiger partial charge in [0, 0.05) is 98.0 Å². The molecular formula is C50H65F2N9O5S. The number of benzene rings is 1. The van der Waals surface area contributed by atoms with E-state index in [1.54, 1.807) is 25.3 Å². The number of nitrogens with zero attached hydrogens (tertiary/aromatic N) is 6. The largest absolute Gasteiger partial charge is 0.464 e. The fraction of sp³-hybridized carbons (Fsp3) is 0.560. The molecule has 3 aromatic heterocycles. The highest BCUT2D eigenvalue weighted by atomic mass is 32.2. The summed E-state index contributed by atoms with van der Waals surface area (Å²) in [5.41, 5.74) is 9.54. The van der Waals surface area contributed by atoms with Gasteiger partial charge in [-0.3, -0.25) is 24.9 Å². The number of aryl methyl sites for hydroxylation is 1. The summed E-state index contributed by atoms with van der Waals surface area (Å²) in [5.74, 6) is -2.71. The number of likely N-dealkylation sites (N-methyl/N-ethyl adjacent to an activating group) is 1. The Hall–Kier alpha value is -4.65. The lowest BCUT2D eigenvalue weighted by molar-refractivity contribution is -0.155. The van der Waals surface area contributed by atoms with Crippen molar-refractivity contribution in [2.24, 2.45) is 17.3 Å². The smallest absolute Gasteiger partial charge is 0.324 e. The number of cyclic esters (lactones) is 1. The van der Waals surface area contributed by atoms with Crippen molar-refractivity contribution in [3.05, 3.63) is 82.3 Å². The van der Waals surface area contributed by atoms with Gasteiger partial charge < -0.3 is 34.3 Å². The van der Waals surface area contributed by atoms with E-state index in [1.807, 2.05) is 31.5 Å². The first-order chi connectivity index (χ1) is 32.1. The molecule has 360 valence electrons. The van der Waals surface area contributed by atoms with Gasteiger partial charge in [0.25, 0.3) is 0 Å². The zero-order valence-electron chi connectivity index (χ0n) is 39.7. The molecular weight excluding hydrogens is 877 g/mol. The van der Waals surface area contributed by atoms with Gasteiger partial charge in [0.1, 0.15) is 18.1 Å². The number of rotatable bonds is 10. The number of anilines is 1. The third-order valence-electron chi connectivity index (χ3n) is 14.4. The van der Waals surface area contributed by atoms with Crippen LogP contribution in [-0.4, -0.2) is 119 Å². The molecule has 3 fully saturated rings. The second-order valence-corrected chi connectivity index (χ2v) is 21.5. The molecule has 4 aromatic rings. The highest BCUT2D eigenvalue weighted by Crippen LogP contribution is 2.50. The molecule has 2 unspecified atom stereocenters. The van der Waals surface area contributed by atoms with Crippen LogP contribution in [-0.2, 0) is 32.0 Å². The lowest BCUT2D eigenvalue weighted by atomic mass is 9.93. The minimum absolute atomic E-state index is 0.0880. The van der Waals surface area contributed by atoms with Crippen LogP contribution >= 0.6 is 11.8 Å². The van der Waals surface area contributed by atoms with Gasteiger partial charge in [-0.1, -0.05) is 26.8 Å². The number of ether oxygens (including phenoxy) is 2. The fourth-order valence-corrected chi connectivity index (χ4v) is 11.5. The summed E-state index contributed by atoms with van der Waals surface area (Å²) < 4.78 is 45.9. The molecule has 1 saturated carbocycles. The lowest BCUT2D eigenvalue weighted by Gasteiger charge is -2.37. The van der Waals surface area contributed by atoms with Crippen LogP contribution in [0.1, 0.15) is 94.7 Å². The Morgan fingerprint density at radius 2 is 1.88 bits per heavy atom. The number of amides is 1. The Balaban J connectivity index is 1.10. The number of thioether (sulfide) groups is 1. The lowest BCUT2D eigenvalue weighted by Crippen LogP contribution is -2.58. The van der Waals surface area contributed by atoms with Crippen LogP contribution in [0.3, 0.4) is 0 Å². The molecule has 67 heavy (non-hydrogen) atoms. The van der Waals surface area contributed by atoms with Crippen molar-refractivity contribution < 1.29 is 33.0 Å². The van der Waals surface area contributed by atoms with Crippen LogP contribution in [0.15, 0.2) is 48.1 Å². The number of methoxy groups -OCH3 is 1. The van der Waals surface area contributed by atoms with Crippen molar-refractivity contribution >= 4 is 45.9 Å². The molecule has 7 heterocycles. The quantitative estimate of drug-likeness (QED) is 0.0775. The summed E-state index contributed by atoms with van der Waals surface area (Å²) in [6.45, 7) is 14.8. The molecule has 2 saturated heterocycles. The second kappa shape index (κ2) is 19.0. The zero-order chi connectivity index (χ0) is 47.4. The standard InChI is InChI=1S/C50H65F2N9O5S/c1-8-32-35-21-39(51)37-22-42(35)60(44(32)38-19-31(25-54-43(38)29(2)65-7)59-17-15-58(6)16-18-59)27-49(3,4)28-66-48(64)40-12-10-14-61(57-40)47(63)30(23-50(5)56-41(37)26-67-50)24-55-46(62)36-20-34(36)33-11-9-13-53-45(33)52/h9,11,13,19,21-22,25-26,29-30,34,36,40,46,55-57,62H,8,10,12,14-18,20,23-24,27-28H2,1-7H3/t29-,30+,34+,36-,40-,46?,50?/m0/s1. The fourth-order valence-electron chi connectivity index (χ4n) is 10.5. The van der Waals surface area contributed by atoms with Gasteiger partial charge >= 0.3 is 5.97 Å². The van der Waals surface area contributed by atoms with E-state index in [0.29, 0.717) is 62.0 Å². The Kier molecular flexibility index (Phi) is 13.5. The van der Waals surface area contributed by atoms with Gasteiger partial charge in [-0.2, -0.15) is 4.39 Å². The molecule has 1 aromatic carbocycles. The number of nitrogens with one attached hydrogen (secondary N) is 3. The van der Waals surface area contributed by atoms with Crippen molar-refractivity contribution in [2.45, 2.75) is 102 Å². The molecule has 17 heteroatoms. The molecule has 7 atom stereocenters. The SMILES string of the molecule is CCc1c(-c2cc(N3CCN(C)CC3)cnc2[C@H](C)OC)n2c3cc(c(F)cc13)C1=CSC(C)(C[C@H](CNC(O)[C@H]3C[C@@H]3c3cccnc3F)C(=O)N3CCC[C@H](N3)C(=O)OCC(C)(C)C2)N1. The molecule has 0 radical (unpaired) electrons. The minimum Gasteiger partial charge on any atom is -0.464 e. The third kappa shape index (κ3) is 9.69. The van der Waals surface area contributed by atoms with Crippen LogP contribution in [0.5, 0.6) is 0 Å². The molecule has 4 N–H and O–H groups in total. The van der Waals surface area contributed by atoms with Crippen LogP contribution in [0, 0.1) is 29.0 Å². The minimum atomic E-state index is -0.995. The number of aliphatic hydroxyl groups excluding tert-OH is 1. The second-order valence-electron chi connectivity index (χ2n) is 20.1. The number of aliphatic hydroxyl groups is 1. The summed E-state index contributed by atoms with van der Waals surface area (Å²) in [6, 6.07) is 8.44. The van der Waals surface area contributed by atoms with E-state index in [4.69, 9.17) is 14.5 Å². The number of hydrogen-bond acceptors (Lipinski definition) is 13. The van der Waals surface area contributed by atoms with Gasteiger partial charge in [0.15, 0.2) is 0 Å². The summed E-state index contributed by atoms with van der Waals surface area (Å²) in [5, 5.41) is 22.4. The number of hydrogen-bond donors (Lipinski definition) is 4. The van der Waals surface area contributed by atoms with Crippen LogP contribution in [0.2, 0.25) is 0 Å². The van der Waals surface area contributed by atoms with Crippen LogP contribution < -0.4 is 21.0 Å². The van der Waals surface area contributed by atoms with E-state index in [2.05, 4.69) is 69.3 Å². The number of halogens is 2. The number of hydrazine groups is 1. The average Bonchev–Trinajstić information content (AvgIpc) is 3.95. The monoisotopic (exact) mass is 941 g/mol. The predicted molar refractivity (Wildman–Crippen MR) is 257 cm³/mol. The topological polar surface area (TPSA) is 149 Å². The first-order valence-corrected chi connectivity index (χ1v) is 24.7. The summed E-state index contributed by atoms with van der Waals surface area (Å²) in [6.07, 6.45) is 4.59. The number of fused-ring (bicyclic) bond motifs is 6. The van der Waals surface area contributed by atoms with E-state index in [0.717, 1.165) is 65.3 Å². The van der Waals surface area contributed by atoms with Gasteiger partial charge in [0.2, 0.25) is 11.9 Å². The normalized spacial score (nSPS) is 26.7. The Morgan fingerprint density at radius 1 is 1.09 bits per heavy atom. The van der Waals surface area contributed by atoms with Crippen molar-refractivity contribution in [2.75, 3.05) is 64.9 Å². The maximum atomic E-state index is 17.0. The number of pyridine rings is 2. The highest BCUT2D eigenvalue weighted by molar-refractivity contribution is 8.03. The average molecular weight is 942 g/mol. The molecule has 6 bridgehead atoms. The summed E-state index contributed by atoms with van der Waals surface area (Å²) in [7, 11) is 3.82. The van der Waals surface area contributed by atoms with E-state index in [1.165, 1.54) is 23.0 Å². The maximum Gasteiger partial charge on any atom is 0.324 e. The van der Waals surface area contributed by atoms with Crippen molar-refractivity contribution in [1.82, 2.24) is 40.5 Å². The molecule has 4 aliphatic heterocycles. The van der Waals surface area contributed by atoms with Gasteiger partial charge in [0.05, 0.1) is 52.5 Å². The van der Waals surface area contributed by atoms with Gasteiger partial charge in [-0.05, 0) is 94.2 Å². The predicted octanol–water partition coefficient (Wildman–Crippen LogP) is 6.55. The van der Waals surface area contributed by atoms with Gasteiger partial charge in [-0.25, -0.2) is 14.8 Å². The number of esters is 1. The molecule has 1 amide bonds. The van der Waals surface area contributed by atoms with Crippen molar-refractivity contribution in [3.63, 3.8) is 0 Å². The van der Waals surface area contributed by atoms with Crippen LogP contribution in [0.4, 0.5) is 14.5 Å². The third-order valence-corrected chi connectivity index (χ3v) is 15.6. The van der Waals surface area contributed by atoms with Crippen molar-refractivity contribution in [3.8, 4) is 11.3 Å². The number of carbonyl (C=O) groups excluding carboxylic acids is 2. The zero-order valence-corrected chi connectivity index (χ0v) is 40.5. The Bertz CT molecular complexity index is 2550. The molecule has 1 aliphatic carbocycles. The van der Waals surface area contributed by atoms with E-state index in [9.17, 15) is 19.1 Å². The maximum absolute atomic E-state index is 17.0. The Labute approximate surface area is 396 Å². The summed E-state index contributed by atoms with van der Waals surface area (Å²) >= 11 is 1.49. The molecule has 5 aliphatic rings. The van der Waals surface area contributed by atoms with E-state index in [-0.39, 0.29) is 42.8 Å². The first-order valence-electron chi connectivity index (χ1n) is 23.8. The van der Waals surface area contributed by atoms with Crippen LogP contribution in [0.25, 0.3) is 27.9 Å². The molecule has 14 nitrogen and oxygen atoms in total. The first kappa shape index (κ1) is 47.4. The number of piperazine rings is 1. The highest BCUT2D eigenvalue weighted by Gasteiger charge is 2.46. The van der Waals surface area contributed by atoms with E-state index >= 15 is 4.39 Å². The van der Waals surface area contributed by atoms with Gasteiger partial charge in [-0.15, -0.1) is 11.8 Å². The Morgan fingerprint density at radius 3 is 2.63 bits per heavy atom. The number of carbonyl (C=O) groups is 2. The molecule has 0 spiro atoms. The molecule has 9 rings (SSSR count). The summed E-state index contributed by atoms with van der Waals surface area (Å²) in [4.78, 5) is 41.4.